The molecule has 2 aromatic rings. The van der Waals surface area contributed by atoms with E-state index in [1.54, 1.807) is 7.11 Å². The van der Waals surface area contributed by atoms with Gasteiger partial charge in [-0.05, 0) is 48.5 Å². The van der Waals surface area contributed by atoms with Gasteiger partial charge in [0, 0.05) is 30.5 Å². The summed E-state index contributed by atoms with van der Waals surface area (Å²) in [5.41, 5.74) is 4.38. The zero-order valence-electron chi connectivity index (χ0n) is 15.0. The molecule has 1 aromatic heterocycles. The van der Waals surface area contributed by atoms with Gasteiger partial charge >= 0.3 is 7.12 Å². The topological polar surface area (TPSA) is 60.8 Å². The Kier molecular flexibility index (Phi) is 5.61. The molecule has 1 aromatic carbocycles. The first-order chi connectivity index (χ1) is 12.1. The number of nitrogens with zero attached hydrogens (tertiary/aromatic N) is 1. The van der Waals surface area contributed by atoms with Gasteiger partial charge in [0.2, 0.25) is 0 Å². The molecule has 0 radical (unpaired) electrons. The second-order valence-electron chi connectivity index (χ2n) is 6.34. The van der Waals surface area contributed by atoms with Crippen LogP contribution in [0.25, 0.3) is 11.1 Å². The molecule has 3 rings (SSSR count). The Bertz CT molecular complexity index is 737. The molecule has 0 aliphatic carbocycles. The fourth-order valence-electron chi connectivity index (χ4n) is 3.24. The van der Waals surface area contributed by atoms with Crippen LogP contribution in [-0.4, -0.2) is 37.4 Å². The Labute approximate surface area is 149 Å². The van der Waals surface area contributed by atoms with E-state index in [1.807, 2.05) is 30.6 Å². The first-order valence-corrected chi connectivity index (χ1v) is 8.69. The minimum atomic E-state index is -0.678. The van der Waals surface area contributed by atoms with Gasteiger partial charge in [0.1, 0.15) is 0 Å². The Balaban J connectivity index is 1.96. The molecule has 0 amide bonds. The van der Waals surface area contributed by atoms with E-state index in [1.165, 1.54) is 0 Å². The van der Waals surface area contributed by atoms with Crippen LogP contribution in [0, 0.1) is 6.92 Å². The average molecular weight is 341 g/mol. The van der Waals surface area contributed by atoms with E-state index in [0.29, 0.717) is 19.5 Å². The monoisotopic (exact) mass is 341 g/mol. The molecular formula is C19H24BNO4. The van der Waals surface area contributed by atoms with Gasteiger partial charge in [-0.25, -0.2) is 0 Å². The Morgan fingerprint density at radius 3 is 2.84 bits per heavy atom. The van der Waals surface area contributed by atoms with Gasteiger partial charge in [-0.2, -0.15) is 0 Å². The van der Waals surface area contributed by atoms with Gasteiger partial charge in [-0.3, -0.25) is 4.98 Å². The minimum Gasteiger partial charge on any atom is -0.493 e. The molecule has 1 saturated heterocycles. The summed E-state index contributed by atoms with van der Waals surface area (Å²) in [6, 6.07) is 5.95. The van der Waals surface area contributed by atoms with Crippen molar-refractivity contribution in [2.45, 2.75) is 32.5 Å². The quantitative estimate of drug-likeness (QED) is 0.816. The van der Waals surface area contributed by atoms with Gasteiger partial charge in [0.05, 0.1) is 13.7 Å². The van der Waals surface area contributed by atoms with Crippen molar-refractivity contribution >= 4 is 7.12 Å². The number of rotatable bonds is 6. The average Bonchev–Trinajstić information content (AvgIpc) is 3.06. The summed E-state index contributed by atoms with van der Waals surface area (Å²) in [4.78, 5) is 4.42. The van der Waals surface area contributed by atoms with E-state index in [4.69, 9.17) is 14.1 Å². The summed E-state index contributed by atoms with van der Waals surface area (Å²) in [5, 5.41) is 9.64. The minimum absolute atomic E-state index is 0.177. The molecule has 1 aliphatic heterocycles. The van der Waals surface area contributed by atoms with Crippen LogP contribution < -0.4 is 9.47 Å². The van der Waals surface area contributed by atoms with Gasteiger partial charge in [0.25, 0.3) is 0 Å². The van der Waals surface area contributed by atoms with Crippen molar-refractivity contribution in [3.63, 3.8) is 0 Å². The Morgan fingerprint density at radius 1 is 1.32 bits per heavy atom. The third kappa shape index (κ3) is 3.80. The molecule has 1 atom stereocenters. The van der Waals surface area contributed by atoms with Gasteiger partial charge < -0.3 is 19.2 Å². The van der Waals surface area contributed by atoms with Gasteiger partial charge in [-0.1, -0.05) is 13.0 Å². The number of benzene rings is 1. The summed E-state index contributed by atoms with van der Waals surface area (Å²) < 4.78 is 16.5. The van der Waals surface area contributed by atoms with Gasteiger partial charge in [-0.15, -0.1) is 0 Å². The van der Waals surface area contributed by atoms with Crippen molar-refractivity contribution in [1.82, 2.24) is 4.98 Å². The van der Waals surface area contributed by atoms with Crippen LogP contribution in [-0.2, 0) is 4.65 Å². The number of hydrogen-bond donors (Lipinski definition) is 1. The zero-order valence-corrected chi connectivity index (χ0v) is 15.0. The van der Waals surface area contributed by atoms with Crippen molar-refractivity contribution in [3.05, 3.63) is 41.7 Å². The number of methoxy groups -OCH3 is 1. The van der Waals surface area contributed by atoms with Crippen molar-refractivity contribution in [3.8, 4) is 22.6 Å². The SMILES string of the molecule is CCCOc1cc(-c2cncc([C@H]3COB(O)C3)c2C)ccc1OC. The second-order valence-corrected chi connectivity index (χ2v) is 6.34. The summed E-state index contributed by atoms with van der Waals surface area (Å²) in [6.45, 7) is 5.34. The fourth-order valence-corrected chi connectivity index (χ4v) is 3.24. The van der Waals surface area contributed by atoms with Crippen molar-refractivity contribution in [1.29, 1.82) is 0 Å². The van der Waals surface area contributed by atoms with Gasteiger partial charge in [0.15, 0.2) is 11.5 Å². The summed E-state index contributed by atoms with van der Waals surface area (Å²) in [6.07, 6.45) is 5.30. The molecular weight excluding hydrogens is 317 g/mol. The maximum atomic E-state index is 9.64. The molecule has 1 N–H and O–H groups in total. The van der Waals surface area contributed by atoms with Crippen LogP contribution in [0.4, 0.5) is 0 Å². The molecule has 1 fully saturated rings. The maximum absolute atomic E-state index is 9.64. The molecule has 5 nitrogen and oxygen atoms in total. The van der Waals surface area contributed by atoms with Crippen LogP contribution in [0.1, 0.15) is 30.4 Å². The molecule has 1 aliphatic rings. The van der Waals surface area contributed by atoms with E-state index in [2.05, 4.69) is 18.8 Å². The Morgan fingerprint density at radius 2 is 2.16 bits per heavy atom. The summed E-state index contributed by atoms with van der Waals surface area (Å²) in [5.74, 6) is 1.65. The van der Waals surface area contributed by atoms with Crippen molar-refractivity contribution in [2.75, 3.05) is 20.3 Å². The van der Waals surface area contributed by atoms with Crippen LogP contribution in [0.3, 0.4) is 0 Å². The Hall–Kier alpha value is -2.05. The summed E-state index contributed by atoms with van der Waals surface area (Å²) in [7, 11) is 0.968. The van der Waals surface area contributed by atoms with Crippen molar-refractivity contribution < 1.29 is 19.2 Å². The number of aromatic nitrogens is 1. The third-order valence-electron chi connectivity index (χ3n) is 4.61. The lowest BCUT2D eigenvalue weighted by Crippen LogP contribution is -2.08. The number of hydrogen-bond acceptors (Lipinski definition) is 5. The maximum Gasteiger partial charge on any atom is 0.454 e. The first-order valence-electron chi connectivity index (χ1n) is 8.69. The fraction of sp³-hybridized carbons (Fsp3) is 0.421. The largest absolute Gasteiger partial charge is 0.493 e. The highest BCUT2D eigenvalue weighted by atomic mass is 16.5. The third-order valence-corrected chi connectivity index (χ3v) is 4.61. The number of pyridine rings is 1. The predicted octanol–water partition coefficient (Wildman–Crippen LogP) is 3.45. The van der Waals surface area contributed by atoms with Crippen molar-refractivity contribution in [2.24, 2.45) is 0 Å². The summed E-state index contributed by atoms with van der Waals surface area (Å²) >= 11 is 0. The highest BCUT2D eigenvalue weighted by Gasteiger charge is 2.31. The van der Waals surface area contributed by atoms with Crippen LogP contribution in [0.2, 0.25) is 6.32 Å². The molecule has 132 valence electrons. The van der Waals surface area contributed by atoms with E-state index >= 15 is 0 Å². The normalized spacial score (nSPS) is 17.0. The lowest BCUT2D eigenvalue weighted by molar-refractivity contribution is 0.292. The molecule has 2 heterocycles. The van der Waals surface area contributed by atoms with E-state index in [0.717, 1.165) is 40.2 Å². The highest BCUT2D eigenvalue weighted by molar-refractivity contribution is 6.43. The molecule has 0 saturated carbocycles. The highest BCUT2D eigenvalue weighted by Crippen LogP contribution is 2.37. The van der Waals surface area contributed by atoms with E-state index < -0.39 is 7.12 Å². The second kappa shape index (κ2) is 7.89. The van der Waals surface area contributed by atoms with E-state index in [9.17, 15) is 5.02 Å². The number of ether oxygens (including phenoxy) is 2. The zero-order chi connectivity index (χ0) is 17.8. The lowest BCUT2D eigenvalue weighted by Gasteiger charge is -2.16. The first kappa shape index (κ1) is 17.8. The predicted molar refractivity (Wildman–Crippen MR) is 98.2 cm³/mol. The molecule has 25 heavy (non-hydrogen) atoms. The standard InChI is InChI=1S/C19H24BNO4/c1-4-7-24-19-8-14(5-6-18(19)23-3)16-10-21-11-17(13(16)2)15-9-20(22)25-12-15/h5-6,8,10-11,15,22H,4,7,9,12H2,1-3H3/t15-/m1/s1. The van der Waals surface area contributed by atoms with Crippen LogP contribution in [0.5, 0.6) is 11.5 Å². The van der Waals surface area contributed by atoms with E-state index in [-0.39, 0.29) is 5.92 Å². The lowest BCUT2D eigenvalue weighted by atomic mass is 9.78. The van der Waals surface area contributed by atoms with Crippen LogP contribution in [0.15, 0.2) is 30.6 Å². The molecule has 6 heteroatoms. The molecule has 0 unspecified atom stereocenters. The molecule has 0 spiro atoms. The smallest absolute Gasteiger partial charge is 0.454 e. The molecule has 0 bridgehead atoms. The van der Waals surface area contributed by atoms with Crippen LogP contribution >= 0.6 is 0 Å².